The van der Waals surface area contributed by atoms with Crippen LogP contribution < -0.4 is 11.5 Å². The molecule has 0 aliphatic carbocycles. The summed E-state index contributed by atoms with van der Waals surface area (Å²) in [5.41, 5.74) is 14.9. The molecule has 92 valence electrons. The van der Waals surface area contributed by atoms with Crippen LogP contribution in [0.2, 0.25) is 0 Å². The summed E-state index contributed by atoms with van der Waals surface area (Å²) in [5.74, 6) is 6.66. The van der Waals surface area contributed by atoms with Gasteiger partial charge >= 0.3 is 0 Å². The van der Waals surface area contributed by atoms with Crippen LogP contribution in [0.4, 0.5) is 11.5 Å². The van der Waals surface area contributed by atoms with Crippen molar-refractivity contribution in [2.24, 2.45) is 0 Å². The Morgan fingerprint density at radius 1 is 1.00 bits per heavy atom. The third-order valence-corrected chi connectivity index (χ3v) is 2.85. The lowest BCUT2D eigenvalue weighted by molar-refractivity contribution is 1.13. The molecule has 0 amide bonds. The second kappa shape index (κ2) is 4.39. The molecular weight excluding hydrogens is 236 g/mol. The van der Waals surface area contributed by atoms with Gasteiger partial charge in [-0.15, -0.1) is 0 Å². The van der Waals surface area contributed by atoms with Crippen molar-refractivity contribution >= 4 is 22.4 Å². The number of fused-ring (bicyclic) bond motifs is 1. The molecule has 0 fully saturated rings. The van der Waals surface area contributed by atoms with Crippen LogP contribution in [0, 0.1) is 11.8 Å². The summed E-state index contributed by atoms with van der Waals surface area (Å²) in [6.45, 7) is 0. The van der Waals surface area contributed by atoms with Crippen molar-refractivity contribution in [2.45, 2.75) is 0 Å². The van der Waals surface area contributed by atoms with E-state index in [2.05, 4.69) is 22.0 Å². The van der Waals surface area contributed by atoms with E-state index in [1.54, 1.807) is 0 Å². The van der Waals surface area contributed by atoms with Crippen LogP contribution in [-0.2, 0) is 0 Å². The molecule has 0 saturated heterocycles. The highest BCUT2D eigenvalue weighted by Crippen LogP contribution is 2.21. The van der Waals surface area contributed by atoms with E-state index in [0.29, 0.717) is 11.5 Å². The standard InChI is InChI=1S/C15H12N4/c16-12-5-1-3-10(9-12)7-8-11-4-2-6-13-14(11)15(17)19-18-13/h1-6,9H,16H2,(H3,17,18,19). The number of nitrogens with one attached hydrogen (secondary N) is 1. The van der Waals surface area contributed by atoms with Gasteiger partial charge in [0.25, 0.3) is 0 Å². The Hall–Kier alpha value is -2.93. The SMILES string of the molecule is Nc1cccc(C#Cc2cccc3[nH]nc(N)c23)c1. The second-order valence-electron chi connectivity index (χ2n) is 4.21. The molecule has 0 aliphatic rings. The van der Waals surface area contributed by atoms with Crippen LogP contribution in [0.1, 0.15) is 11.1 Å². The van der Waals surface area contributed by atoms with Gasteiger partial charge in [-0.05, 0) is 30.3 Å². The zero-order chi connectivity index (χ0) is 13.2. The molecule has 1 heterocycles. The lowest BCUT2D eigenvalue weighted by atomic mass is 10.1. The number of nitrogen functional groups attached to an aromatic ring is 2. The summed E-state index contributed by atoms with van der Waals surface area (Å²) in [6.07, 6.45) is 0. The molecule has 0 bridgehead atoms. The average Bonchev–Trinajstić information content (AvgIpc) is 2.79. The summed E-state index contributed by atoms with van der Waals surface area (Å²) >= 11 is 0. The maximum atomic E-state index is 5.84. The summed E-state index contributed by atoms with van der Waals surface area (Å²) < 4.78 is 0. The van der Waals surface area contributed by atoms with E-state index in [1.807, 2.05) is 42.5 Å². The van der Waals surface area contributed by atoms with Gasteiger partial charge in [0.15, 0.2) is 5.82 Å². The topological polar surface area (TPSA) is 80.7 Å². The van der Waals surface area contributed by atoms with Crippen LogP contribution in [0.15, 0.2) is 42.5 Å². The van der Waals surface area contributed by atoms with Crippen molar-refractivity contribution in [1.82, 2.24) is 10.2 Å². The Labute approximate surface area is 110 Å². The number of aromatic amines is 1. The summed E-state index contributed by atoms with van der Waals surface area (Å²) in [4.78, 5) is 0. The number of hydrogen-bond acceptors (Lipinski definition) is 3. The van der Waals surface area contributed by atoms with Crippen LogP contribution in [0.3, 0.4) is 0 Å². The molecule has 3 rings (SSSR count). The lowest BCUT2D eigenvalue weighted by Gasteiger charge is -1.95. The molecule has 0 atom stereocenters. The first-order valence-electron chi connectivity index (χ1n) is 5.84. The Balaban J connectivity index is 2.10. The molecule has 1 aromatic heterocycles. The number of aromatic nitrogens is 2. The quantitative estimate of drug-likeness (QED) is 0.421. The third-order valence-electron chi connectivity index (χ3n) is 2.85. The van der Waals surface area contributed by atoms with Gasteiger partial charge in [-0.3, -0.25) is 5.10 Å². The Kier molecular flexibility index (Phi) is 2.58. The first-order chi connectivity index (χ1) is 9.24. The number of benzene rings is 2. The number of H-pyrrole nitrogens is 1. The minimum absolute atomic E-state index is 0.465. The fourth-order valence-corrected chi connectivity index (χ4v) is 1.96. The molecule has 2 aromatic carbocycles. The molecule has 0 radical (unpaired) electrons. The zero-order valence-corrected chi connectivity index (χ0v) is 10.1. The van der Waals surface area contributed by atoms with Crippen LogP contribution in [0.25, 0.3) is 10.9 Å². The first kappa shape index (κ1) is 11.2. The van der Waals surface area contributed by atoms with Gasteiger partial charge in [-0.2, -0.15) is 5.10 Å². The molecule has 19 heavy (non-hydrogen) atoms. The van der Waals surface area contributed by atoms with E-state index in [1.165, 1.54) is 0 Å². The monoisotopic (exact) mass is 248 g/mol. The molecule has 0 saturated carbocycles. The highest BCUT2D eigenvalue weighted by molar-refractivity contribution is 5.93. The number of anilines is 2. The molecule has 0 spiro atoms. The lowest BCUT2D eigenvalue weighted by Crippen LogP contribution is -1.87. The maximum absolute atomic E-state index is 5.84. The van der Waals surface area contributed by atoms with Gasteiger partial charge in [-0.1, -0.05) is 24.0 Å². The van der Waals surface area contributed by atoms with Gasteiger partial charge < -0.3 is 11.5 Å². The fraction of sp³-hybridized carbons (Fsp3) is 0. The molecule has 0 aliphatic heterocycles. The molecule has 4 heteroatoms. The van der Waals surface area contributed by atoms with Crippen molar-refractivity contribution in [2.75, 3.05) is 11.5 Å². The minimum atomic E-state index is 0.465. The predicted molar refractivity (Wildman–Crippen MR) is 77.3 cm³/mol. The number of nitrogens with two attached hydrogens (primary N) is 2. The van der Waals surface area contributed by atoms with Crippen molar-refractivity contribution in [3.8, 4) is 11.8 Å². The van der Waals surface area contributed by atoms with Crippen molar-refractivity contribution < 1.29 is 0 Å². The maximum Gasteiger partial charge on any atom is 0.154 e. The molecular formula is C15H12N4. The Morgan fingerprint density at radius 2 is 1.84 bits per heavy atom. The number of rotatable bonds is 0. The Morgan fingerprint density at radius 3 is 2.68 bits per heavy atom. The van der Waals surface area contributed by atoms with Crippen LogP contribution in [0.5, 0.6) is 0 Å². The molecule has 4 nitrogen and oxygen atoms in total. The first-order valence-corrected chi connectivity index (χ1v) is 5.84. The highest BCUT2D eigenvalue weighted by atomic mass is 15.1. The van der Waals surface area contributed by atoms with Gasteiger partial charge in [0.2, 0.25) is 0 Å². The van der Waals surface area contributed by atoms with Gasteiger partial charge in [0.05, 0.1) is 10.9 Å². The van der Waals surface area contributed by atoms with Crippen molar-refractivity contribution in [1.29, 1.82) is 0 Å². The summed E-state index contributed by atoms with van der Waals surface area (Å²) in [5, 5.41) is 7.72. The van der Waals surface area contributed by atoms with Gasteiger partial charge in [0.1, 0.15) is 0 Å². The van der Waals surface area contributed by atoms with E-state index in [4.69, 9.17) is 11.5 Å². The fourth-order valence-electron chi connectivity index (χ4n) is 1.96. The van der Waals surface area contributed by atoms with Crippen molar-refractivity contribution in [3.63, 3.8) is 0 Å². The number of hydrogen-bond donors (Lipinski definition) is 3. The molecule has 0 unspecified atom stereocenters. The van der Waals surface area contributed by atoms with E-state index in [9.17, 15) is 0 Å². The summed E-state index contributed by atoms with van der Waals surface area (Å²) in [6, 6.07) is 13.2. The number of nitrogens with zero attached hydrogens (tertiary/aromatic N) is 1. The van der Waals surface area contributed by atoms with Crippen LogP contribution in [-0.4, -0.2) is 10.2 Å². The smallest absolute Gasteiger partial charge is 0.154 e. The normalized spacial score (nSPS) is 10.1. The molecule has 5 N–H and O–H groups in total. The van der Waals surface area contributed by atoms with Crippen molar-refractivity contribution in [3.05, 3.63) is 53.6 Å². The van der Waals surface area contributed by atoms with Gasteiger partial charge in [0, 0.05) is 16.8 Å². The second-order valence-corrected chi connectivity index (χ2v) is 4.21. The van der Waals surface area contributed by atoms with E-state index < -0.39 is 0 Å². The van der Waals surface area contributed by atoms with E-state index >= 15 is 0 Å². The largest absolute Gasteiger partial charge is 0.399 e. The zero-order valence-electron chi connectivity index (χ0n) is 10.1. The Bertz CT molecular complexity index is 806. The third kappa shape index (κ3) is 2.09. The average molecular weight is 248 g/mol. The summed E-state index contributed by atoms with van der Waals surface area (Å²) in [7, 11) is 0. The van der Waals surface area contributed by atoms with E-state index in [-0.39, 0.29) is 0 Å². The van der Waals surface area contributed by atoms with Crippen LogP contribution >= 0.6 is 0 Å². The molecule has 3 aromatic rings. The minimum Gasteiger partial charge on any atom is -0.399 e. The van der Waals surface area contributed by atoms with Gasteiger partial charge in [-0.25, -0.2) is 0 Å². The highest BCUT2D eigenvalue weighted by Gasteiger charge is 2.05. The van der Waals surface area contributed by atoms with E-state index in [0.717, 1.165) is 22.0 Å². The predicted octanol–water partition coefficient (Wildman–Crippen LogP) is 2.13.